The van der Waals surface area contributed by atoms with Gasteiger partial charge in [0.25, 0.3) is 0 Å². The molecule has 0 aromatic heterocycles. The Bertz CT molecular complexity index is 265. The Hall–Kier alpha value is -1.56. The van der Waals surface area contributed by atoms with Gasteiger partial charge in [-0.2, -0.15) is 0 Å². The smallest absolute Gasteiger partial charge is 0.410 e. The fraction of sp³-hybridized carbons (Fsp3) is 0.556. The lowest BCUT2D eigenvalue weighted by atomic mass is 10.2. The highest BCUT2D eigenvalue weighted by molar-refractivity contribution is 5.80. The predicted octanol–water partition coefficient (Wildman–Crippen LogP) is 0.0944. The summed E-state index contributed by atoms with van der Waals surface area (Å²) in [4.78, 5) is 23.4. The first-order valence-corrected chi connectivity index (χ1v) is 4.51. The van der Waals surface area contributed by atoms with E-state index in [4.69, 9.17) is 14.6 Å². The van der Waals surface area contributed by atoms with Crippen LogP contribution in [0.4, 0.5) is 4.79 Å². The van der Waals surface area contributed by atoms with Crippen LogP contribution in [0.2, 0.25) is 0 Å². The summed E-state index contributed by atoms with van der Waals surface area (Å²) in [7, 11) is 0. The highest BCUT2D eigenvalue weighted by Crippen LogP contribution is 2.08. The number of rotatable bonds is 3. The molecule has 1 saturated heterocycles. The number of hydrogen-bond acceptors (Lipinski definition) is 4. The zero-order chi connectivity index (χ0) is 11.3. The monoisotopic (exact) mass is 215 g/mol. The minimum atomic E-state index is -1.09. The molecule has 0 aromatic rings. The number of hydrogen-bond donors (Lipinski definition) is 1. The SMILES string of the molecule is C=CCOC(=O)N1CCOCC1C(=O)O. The van der Waals surface area contributed by atoms with Gasteiger partial charge in [-0.1, -0.05) is 12.7 Å². The third-order valence-electron chi connectivity index (χ3n) is 1.97. The molecule has 1 aliphatic heterocycles. The summed E-state index contributed by atoms with van der Waals surface area (Å²) in [6, 6.07) is -0.962. The summed E-state index contributed by atoms with van der Waals surface area (Å²) < 4.78 is 9.74. The summed E-state index contributed by atoms with van der Waals surface area (Å²) in [5.74, 6) is -1.09. The zero-order valence-electron chi connectivity index (χ0n) is 8.22. The Balaban J connectivity index is 2.58. The molecule has 0 aromatic carbocycles. The lowest BCUT2D eigenvalue weighted by molar-refractivity contribution is -0.148. The van der Waals surface area contributed by atoms with Gasteiger partial charge >= 0.3 is 12.1 Å². The van der Waals surface area contributed by atoms with Crippen molar-refractivity contribution in [3.8, 4) is 0 Å². The minimum absolute atomic E-state index is 0.00147. The topological polar surface area (TPSA) is 76.1 Å². The van der Waals surface area contributed by atoms with Crippen LogP contribution in [0.1, 0.15) is 0 Å². The average molecular weight is 215 g/mol. The molecule has 1 unspecified atom stereocenters. The van der Waals surface area contributed by atoms with Crippen LogP contribution in [-0.2, 0) is 14.3 Å². The molecule has 15 heavy (non-hydrogen) atoms. The van der Waals surface area contributed by atoms with Crippen LogP contribution in [0.25, 0.3) is 0 Å². The molecule has 1 heterocycles. The molecular formula is C9H13NO5. The number of carbonyl (C=O) groups excluding carboxylic acids is 1. The third kappa shape index (κ3) is 2.95. The van der Waals surface area contributed by atoms with Crippen molar-refractivity contribution in [3.05, 3.63) is 12.7 Å². The predicted molar refractivity (Wildman–Crippen MR) is 50.5 cm³/mol. The van der Waals surface area contributed by atoms with E-state index in [-0.39, 0.29) is 19.8 Å². The van der Waals surface area contributed by atoms with Crippen LogP contribution >= 0.6 is 0 Å². The maximum atomic E-state index is 11.4. The van der Waals surface area contributed by atoms with Crippen molar-refractivity contribution in [2.75, 3.05) is 26.4 Å². The van der Waals surface area contributed by atoms with Crippen molar-refractivity contribution in [3.63, 3.8) is 0 Å². The van der Waals surface area contributed by atoms with Crippen molar-refractivity contribution in [2.24, 2.45) is 0 Å². The molecule has 1 N–H and O–H groups in total. The number of ether oxygens (including phenoxy) is 2. The quantitative estimate of drug-likeness (QED) is 0.675. The van der Waals surface area contributed by atoms with E-state index in [9.17, 15) is 9.59 Å². The standard InChI is InChI=1S/C9H13NO5/c1-2-4-15-9(13)10-3-5-14-6-7(10)8(11)12/h2,7H,1,3-6H2,(H,11,12). The lowest BCUT2D eigenvalue weighted by Gasteiger charge is -2.31. The highest BCUT2D eigenvalue weighted by Gasteiger charge is 2.33. The summed E-state index contributed by atoms with van der Waals surface area (Å²) in [5.41, 5.74) is 0. The first-order chi connectivity index (χ1) is 7.16. The fourth-order valence-electron chi connectivity index (χ4n) is 1.24. The first kappa shape index (κ1) is 11.5. The number of carboxylic acid groups (broad SMARTS) is 1. The molecule has 1 amide bonds. The Morgan fingerprint density at radius 1 is 1.67 bits per heavy atom. The summed E-state index contributed by atoms with van der Waals surface area (Å²) in [6.45, 7) is 4.02. The van der Waals surface area contributed by atoms with Crippen molar-refractivity contribution in [2.45, 2.75) is 6.04 Å². The van der Waals surface area contributed by atoms with E-state index >= 15 is 0 Å². The van der Waals surface area contributed by atoms with Gasteiger partial charge in [-0.25, -0.2) is 9.59 Å². The van der Waals surface area contributed by atoms with Gasteiger partial charge in [0.1, 0.15) is 6.61 Å². The van der Waals surface area contributed by atoms with Gasteiger partial charge in [0.05, 0.1) is 13.2 Å². The number of aliphatic carboxylic acids is 1. The molecule has 1 fully saturated rings. The van der Waals surface area contributed by atoms with Gasteiger partial charge in [-0.3, -0.25) is 4.90 Å². The Kier molecular flexibility index (Phi) is 4.11. The van der Waals surface area contributed by atoms with Gasteiger partial charge in [-0.15, -0.1) is 0 Å². The molecule has 0 bridgehead atoms. The van der Waals surface area contributed by atoms with Crippen molar-refractivity contribution < 1.29 is 24.2 Å². The van der Waals surface area contributed by atoms with Crippen molar-refractivity contribution >= 4 is 12.1 Å². The molecule has 1 rings (SSSR count). The summed E-state index contributed by atoms with van der Waals surface area (Å²) in [6.07, 6.45) is 0.777. The molecule has 1 atom stereocenters. The molecule has 6 heteroatoms. The number of nitrogens with zero attached hydrogens (tertiary/aromatic N) is 1. The van der Waals surface area contributed by atoms with Gasteiger partial charge in [-0.05, 0) is 0 Å². The van der Waals surface area contributed by atoms with E-state index in [1.54, 1.807) is 0 Å². The third-order valence-corrected chi connectivity index (χ3v) is 1.97. The van der Waals surface area contributed by atoms with Crippen molar-refractivity contribution in [1.29, 1.82) is 0 Å². The number of morpholine rings is 1. The number of amides is 1. The zero-order valence-corrected chi connectivity index (χ0v) is 8.22. The Labute approximate surface area is 87.1 Å². The van der Waals surface area contributed by atoms with Gasteiger partial charge in [0.2, 0.25) is 0 Å². The Morgan fingerprint density at radius 3 is 3.00 bits per heavy atom. The van der Waals surface area contributed by atoms with Gasteiger partial charge in [0.15, 0.2) is 6.04 Å². The maximum Gasteiger partial charge on any atom is 0.410 e. The van der Waals surface area contributed by atoms with Crippen LogP contribution in [0.15, 0.2) is 12.7 Å². The maximum absolute atomic E-state index is 11.4. The number of carboxylic acids is 1. The molecular weight excluding hydrogens is 202 g/mol. The second-order valence-electron chi connectivity index (χ2n) is 2.99. The van der Waals surface area contributed by atoms with Gasteiger partial charge < -0.3 is 14.6 Å². The van der Waals surface area contributed by atoms with Crippen LogP contribution in [-0.4, -0.2) is 54.5 Å². The number of carbonyl (C=O) groups is 2. The Morgan fingerprint density at radius 2 is 2.40 bits per heavy atom. The van der Waals surface area contributed by atoms with E-state index in [1.165, 1.54) is 6.08 Å². The van der Waals surface area contributed by atoms with Crippen molar-refractivity contribution in [1.82, 2.24) is 4.90 Å². The minimum Gasteiger partial charge on any atom is -0.480 e. The van der Waals surface area contributed by atoms with Crippen LogP contribution < -0.4 is 0 Å². The first-order valence-electron chi connectivity index (χ1n) is 4.51. The van der Waals surface area contributed by atoms with E-state index in [0.717, 1.165) is 4.90 Å². The molecule has 84 valence electrons. The average Bonchev–Trinajstić information content (AvgIpc) is 2.25. The lowest BCUT2D eigenvalue weighted by Crippen LogP contribution is -2.52. The molecule has 0 radical (unpaired) electrons. The second kappa shape index (κ2) is 5.35. The van der Waals surface area contributed by atoms with E-state index in [0.29, 0.717) is 6.61 Å². The normalized spacial score (nSPS) is 20.8. The molecule has 0 spiro atoms. The fourth-order valence-corrected chi connectivity index (χ4v) is 1.24. The largest absolute Gasteiger partial charge is 0.480 e. The highest BCUT2D eigenvalue weighted by atomic mass is 16.6. The van der Waals surface area contributed by atoms with Gasteiger partial charge in [0, 0.05) is 6.54 Å². The van der Waals surface area contributed by atoms with Crippen LogP contribution in [0.5, 0.6) is 0 Å². The molecule has 0 saturated carbocycles. The second-order valence-corrected chi connectivity index (χ2v) is 2.99. The molecule has 1 aliphatic rings. The summed E-state index contributed by atoms with van der Waals surface area (Å²) in [5, 5.41) is 8.83. The molecule has 6 nitrogen and oxygen atoms in total. The van der Waals surface area contributed by atoms with Crippen LogP contribution in [0, 0.1) is 0 Å². The van der Waals surface area contributed by atoms with Crippen LogP contribution in [0.3, 0.4) is 0 Å². The van der Waals surface area contributed by atoms with E-state index < -0.39 is 18.1 Å². The van der Waals surface area contributed by atoms with E-state index in [1.807, 2.05) is 0 Å². The summed E-state index contributed by atoms with van der Waals surface area (Å²) >= 11 is 0. The van der Waals surface area contributed by atoms with E-state index in [2.05, 4.69) is 6.58 Å². The molecule has 0 aliphatic carbocycles.